The predicted octanol–water partition coefficient (Wildman–Crippen LogP) is 3.86. The average Bonchev–Trinajstić information content (AvgIpc) is 3.25. The first-order valence-corrected chi connectivity index (χ1v) is 10.3. The maximum absolute atomic E-state index is 12.4. The summed E-state index contributed by atoms with van der Waals surface area (Å²) in [6.45, 7) is 0. The number of anilines is 3. The van der Waals surface area contributed by atoms with Gasteiger partial charge >= 0.3 is 0 Å². The molecule has 0 radical (unpaired) electrons. The highest BCUT2D eigenvalue weighted by Crippen LogP contribution is 2.22. The quantitative estimate of drug-likeness (QED) is 0.485. The molecule has 2 N–H and O–H groups in total. The van der Waals surface area contributed by atoms with Crippen LogP contribution >= 0.6 is 11.6 Å². The molecule has 10 heteroatoms. The highest BCUT2D eigenvalue weighted by Gasteiger charge is 2.14. The van der Waals surface area contributed by atoms with E-state index in [4.69, 9.17) is 11.6 Å². The Balaban J connectivity index is 1.44. The first kappa shape index (κ1) is 18.9. The molecule has 2 heterocycles. The summed E-state index contributed by atoms with van der Waals surface area (Å²) < 4.78 is 29.0. The van der Waals surface area contributed by atoms with Gasteiger partial charge in [-0.1, -0.05) is 17.7 Å². The zero-order valence-electron chi connectivity index (χ0n) is 14.9. The maximum Gasteiger partial charge on any atom is 0.261 e. The van der Waals surface area contributed by atoms with Crippen molar-refractivity contribution in [2.75, 3.05) is 10.0 Å². The van der Waals surface area contributed by atoms with Crippen molar-refractivity contribution in [2.24, 2.45) is 0 Å². The molecule has 0 aliphatic carbocycles. The largest absolute Gasteiger partial charge is 0.339 e. The van der Waals surface area contributed by atoms with E-state index in [1.807, 2.05) is 0 Å². The Kier molecular flexibility index (Phi) is 5.15. The normalized spacial score (nSPS) is 11.2. The lowest BCUT2D eigenvalue weighted by Crippen LogP contribution is -2.12. The number of nitrogens with one attached hydrogen (secondary N) is 2. The number of hydrogen-bond acceptors (Lipinski definition) is 6. The van der Waals surface area contributed by atoms with Crippen molar-refractivity contribution < 1.29 is 8.42 Å². The highest BCUT2D eigenvalue weighted by molar-refractivity contribution is 7.92. The molecule has 0 fully saturated rings. The summed E-state index contributed by atoms with van der Waals surface area (Å²) in [5.41, 5.74) is 1.16. The van der Waals surface area contributed by atoms with Crippen molar-refractivity contribution in [1.29, 1.82) is 0 Å². The van der Waals surface area contributed by atoms with Crippen LogP contribution in [0.1, 0.15) is 0 Å². The fourth-order valence-corrected chi connectivity index (χ4v) is 3.90. The molecule has 4 aromatic rings. The molecule has 0 spiro atoms. The van der Waals surface area contributed by atoms with Crippen molar-refractivity contribution in [3.63, 3.8) is 0 Å². The van der Waals surface area contributed by atoms with Gasteiger partial charge in [0.25, 0.3) is 10.0 Å². The van der Waals surface area contributed by atoms with Crippen LogP contribution in [0.5, 0.6) is 0 Å². The van der Waals surface area contributed by atoms with Crippen LogP contribution in [0, 0.1) is 0 Å². The first-order valence-electron chi connectivity index (χ1n) is 8.49. The van der Waals surface area contributed by atoms with Gasteiger partial charge in [0.05, 0.1) is 4.90 Å². The van der Waals surface area contributed by atoms with E-state index >= 15 is 0 Å². The third-order valence-electron chi connectivity index (χ3n) is 3.91. The smallest absolute Gasteiger partial charge is 0.261 e. The fourth-order valence-electron chi connectivity index (χ4n) is 2.54. The van der Waals surface area contributed by atoms with Gasteiger partial charge in [0.1, 0.15) is 0 Å². The van der Waals surface area contributed by atoms with Gasteiger partial charge in [-0.3, -0.25) is 4.72 Å². The number of benzene rings is 2. The molecule has 0 atom stereocenters. The topological polar surface area (TPSA) is 102 Å². The zero-order chi connectivity index (χ0) is 20.3. The molecular formula is C19H15ClN6O2S. The van der Waals surface area contributed by atoms with Gasteiger partial charge in [0.2, 0.25) is 0 Å². The van der Waals surface area contributed by atoms with Crippen LogP contribution in [0.25, 0.3) is 5.82 Å². The van der Waals surface area contributed by atoms with Crippen LogP contribution in [0.15, 0.2) is 84.0 Å². The predicted molar refractivity (Wildman–Crippen MR) is 111 cm³/mol. The molecule has 29 heavy (non-hydrogen) atoms. The minimum Gasteiger partial charge on any atom is -0.339 e. The Morgan fingerprint density at radius 2 is 1.69 bits per heavy atom. The van der Waals surface area contributed by atoms with Crippen molar-refractivity contribution >= 4 is 38.8 Å². The standard InChI is InChI=1S/C19H15ClN6O2S/c20-14-3-1-4-17(13-14)29(27,28)25-16-7-5-15(6-8-16)22-18-9-10-19(24-23-18)26-12-2-11-21-26/h1-13,25H,(H,22,23). The molecule has 2 aromatic carbocycles. The summed E-state index contributed by atoms with van der Waals surface area (Å²) in [4.78, 5) is 0.0970. The van der Waals surface area contributed by atoms with Crippen molar-refractivity contribution in [3.8, 4) is 5.82 Å². The summed E-state index contributed by atoms with van der Waals surface area (Å²) in [7, 11) is -3.72. The van der Waals surface area contributed by atoms with E-state index < -0.39 is 10.0 Å². The monoisotopic (exact) mass is 426 g/mol. The summed E-state index contributed by atoms with van der Waals surface area (Å²) in [5.74, 6) is 1.15. The van der Waals surface area contributed by atoms with E-state index in [9.17, 15) is 8.42 Å². The SMILES string of the molecule is O=S(=O)(Nc1ccc(Nc2ccc(-n3cccn3)nn2)cc1)c1cccc(Cl)c1. The molecule has 0 aliphatic rings. The lowest BCUT2D eigenvalue weighted by atomic mass is 10.3. The molecule has 2 aromatic heterocycles. The van der Waals surface area contributed by atoms with Crippen molar-refractivity contribution in [1.82, 2.24) is 20.0 Å². The molecule has 0 saturated carbocycles. The van der Waals surface area contributed by atoms with Crippen molar-refractivity contribution in [2.45, 2.75) is 4.90 Å². The van der Waals surface area contributed by atoms with Gasteiger partial charge in [-0.15, -0.1) is 10.2 Å². The molecule has 0 aliphatic heterocycles. The molecule has 4 rings (SSSR count). The van der Waals surface area contributed by atoms with Crippen molar-refractivity contribution in [3.05, 3.63) is 84.1 Å². The lowest BCUT2D eigenvalue weighted by Gasteiger charge is -2.10. The Morgan fingerprint density at radius 1 is 0.897 bits per heavy atom. The van der Waals surface area contributed by atoms with E-state index in [1.165, 1.54) is 12.1 Å². The number of hydrogen-bond donors (Lipinski definition) is 2. The lowest BCUT2D eigenvalue weighted by molar-refractivity contribution is 0.601. The van der Waals surface area contributed by atoms with E-state index in [2.05, 4.69) is 25.3 Å². The second kappa shape index (κ2) is 7.90. The molecule has 0 unspecified atom stereocenters. The van der Waals surface area contributed by atoms with Crippen LogP contribution in [-0.2, 0) is 10.0 Å². The van der Waals surface area contributed by atoms with Gasteiger partial charge in [-0.2, -0.15) is 5.10 Å². The van der Waals surface area contributed by atoms with E-state index in [0.717, 1.165) is 5.69 Å². The van der Waals surface area contributed by atoms with E-state index in [1.54, 1.807) is 71.7 Å². The highest BCUT2D eigenvalue weighted by atomic mass is 35.5. The van der Waals surface area contributed by atoms with Crippen LogP contribution < -0.4 is 10.0 Å². The van der Waals surface area contributed by atoms with Gasteiger partial charge in [-0.05, 0) is 60.7 Å². The molecule has 0 saturated heterocycles. The minimum atomic E-state index is -3.72. The van der Waals surface area contributed by atoms with Crippen LogP contribution in [0.4, 0.5) is 17.2 Å². The number of sulfonamides is 1. The number of nitrogens with zero attached hydrogens (tertiary/aromatic N) is 4. The molecule has 0 bridgehead atoms. The summed E-state index contributed by atoms with van der Waals surface area (Å²) in [6, 6.07) is 18.2. The van der Waals surface area contributed by atoms with Crippen LogP contribution in [0.2, 0.25) is 5.02 Å². The third-order valence-corrected chi connectivity index (χ3v) is 5.52. The van der Waals surface area contributed by atoms with Gasteiger partial charge in [-0.25, -0.2) is 13.1 Å². The van der Waals surface area contributed by atoms with Crippen LogP contribution in [-0.4, -0.2) is 28.4 Å². The Bertz CT molecular complexity index is 1210. The zero-order valence-corrected chi connectivity index (χ0v) is 16.5. The Hall–Kier alpha value is -3.43. The third kappa shape index (κ3) is 4.53. The fraction of sp³-hybridized carbons (Fsp3) is 0. The summed E-state index contributed by atoms with van der Waals surface area (Å²) >= 11 is 5.87. The second-order valence-corrected chi connectivity index (χ2v) is 8.11. The first-order chi connectivity index (χ1) is 14.0. The van der Waals surface area contributed by atoms with E-state index in [-0.39, 0.29) is 4.90 Å². The summed E-state index contributed by atoms with van der Waals surface area (Å²) in [6.07, 6.45) is 3.44. The summed E-state index contributed by atoms with van der Waals surface area (Å²) in [5, 5.41) is 15.8. The minimum absolute atomic E-state index is 0.0970. The molecule has 0 amide bonds. The average molecular weight is 427 g/mol. The second-order valence-electron chi connectivity index (χ2n) is 5.99. The van der Waals surface area contributed by atoms with Gasteiger partial charge < -0.3 is 5.32 Å². The Morgan fingerprint density at radius 3 is 2.34 bits per heavy atom. The van der Waals surface area contributed by atoms with Gasteiger partial charge in [0.15, 0.2) is 11.6 Å². The molecular weight excluding hydrogens is 412 g/mol. The van der Waals surface area contributed by atoms with Gasteiger partial charge in [0, 0.05) is 28.8 Å². The number of halogens is 1. The molecule has 146 valence electrons. The molecule has 8 nitrogen and oxygen atoms in total. The number of aromatic nitrogens is 4. The number of rotatable bonds is 6. The maximum atomic E-state index is 12.4. The van der Waals surface area contributed by atoms with E-state index in [0.29, 0.717) is 22.3 Å². The van der Waals surface area contributed by atoms with Crippen LogP contribution in [0.3, 0.4) is 0 Å². The Labute approximate surface area is 172 Å².